The Morgan fingerprint density at radius 1 is 0.364 bits per heavy atom. The molecule has 0 saturated heterocycles. The van der Waals surface area contributed by atoms with Gasteiger partial charge in [0.05, 0.1) is 55.9 Å². The predicted octanol–water partition coefficient (Wildman–Crippen LogP) is -0.888. The molecule has 0 unspecified atom stereocenters. The largest absolute Gasteiger partial charge is 3.00 e. The van der Waals surface area contributed by atoms with Crippen LogP contribution in [0.3, 0.4) is 0 Å². The van der Waals surface area contributed by atoms with E-state index in [0.29, 0.717) is 0 Å². The molecule has 0 radical (unpaired) electrons. The topological polar surface area (TPSA) is 278 Å². The van der Waals surface area contributed by atoms with Crippen molar-refractivity contribution >= 4 is 70.0 Å². The fourth-order valence-electron chi connectivity index (χ4n) is 4.30. The third-order valence-electron chi connectivity index (χ3n) is 5.82. The van der Waals surface area contributed by atoms with Crippen LogP contribution in [0.25, 0.3) is 0 Å². The summed E-state index contributed by atoms with van der Waals surface area (Å²) in [4.78, 5) is 102. The average molecular weight is 805 g/mol. The van der Waals surface area contributed by atoms with Crippen LogP contribution in [0.4, 0.5) is 0 Å². The molecule has 0 rings (SSSR count). The second-order valence-electron chi connectivity index (χ2n) is 13.4. The van der Waals surface area contributed by atoms with Crippen LogP contribution in [0.2, 0.25) is 0 Å². The number of ketones is 6. The van der Waals surface area contributed by atoms with Crippen molar-refractivity contribution < 1.29 is 86.9 Å². The van der Waals surface area contributed by atoms with E-state index in [4.69, 9.17) is 28.4 Å². The summed E-state index contributed by atoms with van der Waals surface area (Å²) in [6.07, 6.45) is -5.64. The van der Waals surface area contributed by atoms with Crippen molar-refractivity contribution in [2.75, 3.05) is 0 Å². The molecule has 0 aliphatic heterocycles. The molecule has 18 nitrogen and oxygen atoms in total. The van der Waals surface area contributed by atoms with Gasteiger partial charge in [0, 0.05) is 38.7 Å². The second kappa shape index (κ2) is 26.6. The molecule has 0 aliphatic rings. The Morgan fingerprint density at radius 2 is 0.491 bits per heavy atom. The first kappa shape index (κ1) is 58.4. The molecule has 0 saturated carbocycles. The number of carbonyl (C=O) groups is 9. The van der Waals surface area contributed by atoms with Gasteiger partial charge in [-0.05, 0) is 83.1 Å². The van der Waals surface area contributed by atoms with Gasteiger partial charge < -0.3 is 58.1 Å². The van der Waals surface area contributed by atoms with Gasteiger partial charge in [-0.25, -0.2) is 0 Å². The molecule has 0 spiro atoms. The zero-order valence-corrected chi connectivity index (χ0v) is 35.7. The molecule has 0 aliphatic carbocycles. The third kappa shape index (κ3) is 21.6. The zero-order chi connectivity index (χ0) is 43.5. The molecule has 0 aromatic carbocycles. The summed E-state index contributed by atoms with van der Waals surface area (Å²) < 4.78 is 31.6. The number of hydrogen-bond donors (Lipinski definition) is 0. The Hall–Kier alpha value is -3.28. The van der Waals surface area contributed by atoms with E-state index >= 15 is 0 Å². The zero-order valence-electron chi connectivity index (χ0n) is 34.5. The van der Waals surface area contributed by atoms with Crippen molar-refractivity contribution in [1.82, 2.24) is 0 Å². The summed E-state index contributed by atoms with van der Waals surface area (Å²) in [5, 5.41) is 31.5. The maximum Gasteiger partial charge on any atom is 3.00 e. The van der Waals surface area contributed by atoms with Gasteiger partial charge >= 0.3 is 17.4 Å². The van der Waals surface area contributed by atoms with E-state index in [2.05, 4.69) is 0 Å². The fraction of sp³-hybridized carbons (Fsp3) is 0.750. The van der Waals surface area contributed by atoms with Gasteiger partial charge in [0.25, 0.3) is 17.4 Å². The Balaban J connectivity index is -0.000000351. The van der Waals surface area contributed by atoms with Gasteiger partial charge in [-0.15, -0.1) is 0 Å². The summed E-state index contributed by atoms with van der Waals surface area (Å²) >= 11 is 0. The number of carboxylic acids is 3. The van der Waals surface area contributed by atoms with Crippen LogP contribution in [0.5, 0.6) is 0 Å². The van der Waals surface area contributed by atoms with Crippen LogP contribution in [0.1, 0.15) is 123 Å². The molecule has 0 aromatic rings. The Kier molecular flexibility index (Phi) is 28.2. The molecule has 19 heteroatoms. The van der Waals surface area contributed by atoms with Gasteiger partial charge in [-0.1, -0.05) is 0 Å². The van der Waals surface area contributed by atoms with Crippen molar-refractivity contribution in [3.8, 4) is 0 Å². The van der Waals surface area contributed by atoms with Crippen molar-refractivity contribution in [3.05, 3.63) is 0 Å². The molecule has 0 N–H and O–H groups in total. The van der Waals surface area contributed by atoms with Crippen LogP contribution in [-0.2, 0) is 71.6 Å². The summed E-state index contributed by atoms with van der Waals surface area (Å²) in [6.45, 7) is 22.8. The Bertz CT molecular complexity index is 1130. The number of carbonyl (C=O) groups excluding carboxylic acids is 9. The van der Waals surface area contributed by atoms with Gasteiger partial charge in [0.15, 0.2) is 17.3 Å². The summed E-state index contributed by atoms with van der Waals surface area (Å²) in [6, 6.07) is 0. The Labute approximate surface area is 333 Å². The first-order chi connectivity index (χ1) is 24.3. The van der Waals surface area contributed by atoms with Crippen LogP contribution < -0.4 is 15.3 Å². The number of aliphatic carboxylic acids is 3. The number of carboxylic acid groups (broad SMARTS) is 3. The number of ether oxygens (including phenoxy) is 6. The van der Waals surface area contributed by atoms with E-state index in [1.807, 2.05) is 0 Å². The van der Waals surface area contributed by atoms with Crippen molar-refractivity contribution in [1.29, 1.82) is 0 Å². The predicted molar refractivity (Wildman–Crippen MR) is 187 cm³/mol. The minimum atomic E-state index is -2.16. The molecule has 0 atom stereocenters. The molecular formula is C36H57AlO18. The molecule has 55 heavy (non-hydrogen) atoms. The quantitative estimate of drug-likeness (QED) is 0.0650. The first-order valence-electron chi connectivity index (χ1n) is 17.1. The fourth-order valence-corrected chi connectivity index (χ4v) is 4.30. The smallest absolute Gasteiger partial charge is 0.550 e. The SMILES string of the molecule is CC(=O)C(OC(C)C)(OC(C)C)C(=O)CC(=O)[O-].CC(=O)C(OC(C)C)(OC(C)C)C(=O)CC(=O)[O-].CC(=O)C(OC(C)C)(OC(C)C)C(=O)CC(=O)[O-].[Al+3]. The van der Waals surface area contributed by atoms with E-state index in [1.165, 1.54) is 0 Å². The van der Waals surface area contributed by atoms with Crippen LogP contribution in [0.15, 0.2) is 0 Å². The van der Waals surface area contributed by atoms with E-state index in [0.717, 1.165) is 20.8 Å². The molecule has 0 amide bonds. The average Bonchev–Trinajstić information content (AvgIpc) is 2.93. The number of Topliss-reactive ketones (excluding diaryl/α,β-unsaturated/α-hetero) is 6. The third-order valence-corrected chi connectivity index (χ3v) is 5.82. The maximum atomic E-state index is 11.9. The van der Waals surface area contributed by atoms with Gasteiger partial charge in [-0.3, -0.25) is 28.8 Å². The van der Waals surface area contributed by atoms with E-state index in [9.17, 15) is 58.5 Å². The number of rotatable bonds is 24. The van der Waals surface area contributed by atoms with Crippen molar-refractivity contribution in [3.63, 3.8) is 0 Å². The normalized spacial score (nSPS) is 11.7. The first-order valence-corrected chi connectivity index (χ1v) is 17.1. The van der Waals surface area contributed by atoms with E-state index < -0.39 is 126 Å². The van der Waals surface area contributed by atoms with E-state index in [-0.39, 0.29) is 17.4 Å². The van der Waals surface area contributed by atoms with Crippen molar-refractivity contribution in [2.45, 2.75) is 177 Å². The second-order valence-corrected chi connectivity index (χ2v) is 13.4. The van der Waals surface area contributed by atoms with Crippen LogP contribution >= 0.6 is 0 Å². The van der Waals surface area contributed by atoms with Crippen LogP contribution in [-0.4, -0.2) is 124 Å². The van der Waals surface area contributed by atoms with Gasteiger partial charge in [-0.2, -0.15) is 0 Å². The maximum absolute atomic E-state index is 11.9. The molecule has 0 fully saturated rings. The molecule has 0 heterocycles. The molecule has 0 aromatic heterocycles. The molecule has 312 valence electrons. The summed E-state index contributed by atoms with van der Waals surface area (Å²) in [5.41, 5.74) is 0. The minimum absolute atomic E-state index is 0. The standard InChI is InChI=1S/3C12H20O6.Al/c3*1-7(2)17-12(9(5)13,18-8(3)4)10(14)6-11(15)16;/h3*7-8H,6H2,1-5H3,(H,15,16);/q;;;+3/p-3. The minimum Gasteiger partial charge on any atom is -0.550 e. The van der Waals surface area contributed by atoms with Crippen molar-refractivity contribution in [2.24, 2.45) is 0 Å². The monoisotopic (exact) mass is 804 g/mol. The number of hydrogen-bond acceptors (Lipinski definition) is 18. The van der Waals surface area contributed by atoms with Gasteiger partial charge in [0.2, 0.25) is 17.3 Å². The van der Waals surface area contributed by atoms with E-state index in [1.54, 1.807) is 83.1 Å². The van der Waals surface area contributed by atoms with Gasteiger partial charge in [0.1, 0.15) is 0 Å². The molecule has 0 bridgehead atoms. The van der Waals surface area contributed by atoms with Crippen LogP contribution in [0, 0.1) is 0 Å². The Morgan fingerprint density at radius 3 is 0.564 bits per heavy atom. The summed E-state index contributed by atoms with van der Waals surface area (Å²) in [7, 11) is 0. The summed E-state index contributed by atoms with van der Waals surface area (Å²) in [5.74, 6) is -16.2. The molecular weight excluding hydrogens is 747 g/mol.